The molecule has 1 heterocycles. The molecule has 0 radical (unpaired) electrons. The van der Waals surface area contributed by atoms with Gasteiger partial charge in [-0.15, -0.1) is 0 Å². The molecule has 7 nitrogen and oxygen atoms in total. The maximum absolute atomic E-state index is 13.4. The van der Waals surface area contributed by atoms with Crippen LogP contribution in [0.5, 0.6) is 5.75 Å². The van der Waals surface area contributed by atoms with E-state index < -0.39 is 0 Å². The Bertz CT molecular complexity index is 1570. The van der Waals surface area contributed by atoms with Crippen LogP contribution < -0.4 is 15.6 Å². The van der Waals surface area contributed by atoms with Crippen LogP contribution in [-0.4, -0.2) is 28.4 Å². The molecule has 200 valence electrons. The van der Waals surface area contributed by atoms with Gasteiger partial charge >= 0.3 is 0 Å². The van der Waals surface area contributed by atoms with Gasteiger partial charge in [0.05, 0.1) is 27.2 Å². The summed E-state index contributed by atoms with van der Waals surface area (Å²) < 4.78 is 7.03. The summed E-state index contributed by atoms with van der Waals surface area (Å²) in [6.45, 7) is 1.71. The third kappa shape index (κ3) is 6.32. The number of para-hydroxylation sites is 1. The molecule has 0 unspecified atom stereocenters. The Hall–Kier alpha value is -3.68. The first-order valence-electron chi connectivity index (χ1n) is 12.9. The predicted octanol–water partition coefficient (Wildman–Crippen LogP) is 6.96. The number of anilines is 1. The van der Waals surface area contributed by atoms with Crippen LogP contribution in [0.1, 0.15) is 55.0 Å². The number of rotatable bonds is 7. The summed E-state index contributed by atoms with van der Waals surface area (Å²) in [5.41, 5.74) is 2.81. The van der Waals surface area contributed by atoms with Crippen LogP contribution in [0.2, 0.25) is 10.0 Å². The van der Waals surface area contributed by atoms with Crippen molar-refractivity contribution in [3.8, 4) is 5.75 Å². The van der Waals surface area contributed by atoms with Gasteiger partial charge < -0.3 is 10.1 Å². The fourth-order valence-corrected chi connectivity index (χ4v) is 5.38. The molecule has 5 rings (SSSR count). The van der Waals surface area contributed by atoms with Crippen LogP contribution >= 0.6 is 23.2 Å². The molecule has 0 saturated heterocycles. The van der Waals surface area contributed by atoms with E-state index in [2.05, 4.69) is 10.4 Å². The van der Waals surface area contributed by atoms with Gasteiger partial charge in [-0.3, -0.25) is 9.59 Å². The van der Waals surface area contributed by atoms with E-state index in [9.17, 15) is 9.59 Å². The van der Waals surface area contributed by atoms with Gasteiger partial charge in [0.25, 0.3) is 11.5 Å². The van der Waals surface area contributed by atoms with Gasteiger partial charge in [0, 0.05) is 11.6 Å². The van der Waals surface area contributed by atoms with E-state index in [0.717, 1.165) is 31.2 Å². The van der Waals surface area contributed by atoms with Gasteiger partial charge in [0.2, 0.25) is 0 Å². The van der Waals surface area contributed by atoms with Gasteiger partial charge in [0.1, 0.15) is 5.82 Å². The summed E-state index contributed by atoms with van der Waals surface area (Å²) in [6, 6.07) is 18.0. The van der Waals surface area contributed by atoms with Crippen molar-refractivity contribution in [1.29, 1.82) is 0 Å². The molecular weight excluding hydrogens is 535 g/mol. The highest BCUT2D eigenvalue weighted by Gasteiger charge is 2.22. The minimum absolute atomic E-state index is 0.169. The van der Waals surface area contributed by atoms with E-state index in [1.165, 1.54) is 17.3 Å². The summed E-state index contributed by atoms with van der Waals surface area (Å²) in [5, 5.41) is 8.27. The molecule has 1 aliphatic rings. The van der Waals surface area contributed by atoms with Crippen molar-refractivity contribution < 1.29 is 9.53 Å². The Balaban J connectivity index is 1.37. The lowest BCUT2D eigenvalue weighted by molar-refractivity contribution is -0.118. The second-order valence-corrected chi connectivity index (χ2v) is 10.5. The molecule has 1 saturated carbocycles. The summed E-state index contributed by atoms with van der Waals surface area (Å²) in [5.74, 6) is 0.700. The van der Waals surface area contributed by atoms with Crippen LogP contribution in [0.25, 0.3) is 10.9 Å². The average Bonchev–Trinajstić information content (AvgIpc) is 2.94. The number of carbonyl (C=O) groups is 1. The highest BCUT2D eigenvalue weighted by molar-refractivity contribution is 6.37. The zero-order valence-electron chi connectivity index (χ0n) is 21.5. The van der Waals surface area contributed by atoms with E-state index in [4.69, 9.17) is 32.9 Å². The normalized spacial score (nSPS) is 14.1. The monoisotopic (exact) mass is 562 g/mol. The average molecular weight is 563 g/mol. The van der Waals surface area contributed by atoms with Gasteiger partial charge in [-0.1, -0.05) is 72.3 Å². The maximum atomic E-state index is 13.4. The van der Waals surface area contributed by atoms with Crippen LogP contribution in [-0.2, 0) is 4.79 Å². The highest BCUT2D eigenvalue weighted by Crippen LogP contribution is 2.34. The number of carbonyl (C=O) groups excluding carboxylic acids is 1. The van der Waals surface area contributed by atoms with E-state index in [-0.39, 0.29) is 39.8 Å². The Morgan fingerprint density at radius 2 is 1.77 bits per heavy atom. The van der Waals surface area contributed by atoms with Gasteiger partial charge in [-0.25, -0.2) is 4.98 Å². The van der Waals surface area contributed by atoms with Crippen molar-refractivity contribution in [2.45, 2.75) is 44.9 Å². The summed E-state index contributed by atoms with van der Waals surface area (Å²) in [6.07, 6.45) is 6.88. The van der Waals surface area contributed by atoms with Crippen molar-refractivity contribution >= 4 is 51.9 Å². The van der Waals surface area contributed by atoms with Gasteiger partial charge in [0.15, 0.2) is 12.4 Å². The topological polar surface area (TPSA) is 85.6 Å². The third-order valence-electron chi connectivity index (χ3n) is 6.77. The number of nitrogens with zero attached hydrogens (tertiary/aromatic N) is 3. The zero-order valence-corrected chi connectivity index (χ0v) is 23.0. The van der Waals surface area contributed by atoms with Crippen molar-refractivity contribution in [2.24, 2.45) is 5.10 Å². The first kappa shape index (κ1) is 26.9. The number of hydrogen-bond donors (Lipinski definition) is 1. The smallest absolute Gasteiger partial charge is 0.282 e. The number of hydrogen-bond acceptors (Lipinski definition) is 5. The molecule has 0 atom stereocenters. The first-order valence-corrected chi connectivity index (χ1v) is 13.7. The predicted molar refractivity (Wildman–Crippen MR) is 157 cm³/mol. The zero-order chi connectivity index (χ0) is 27.4. The Morgan fingerprint density at radius 3 is 2.49 bits per heavy atom. The number of fused-ring (bicyclic) bond motifs is 1. The van der Waals surface area contributed by atoms with E-state index in [1.807, 2.05) is 49.4 Å². The first-order chi connectivity index (χ1) is 18.9. The highest BCUT2D eigenvalue weighted by atomic mass is 35.5. The van der Waals surface area contributed by atoms with Gasteiger partial charge in [-0.05, 0) is 61.7 Å². The largest absolute Gasteiger partial charge is 0.481 e. The molecule has 1 aromatic heterocycles. The Kier molecular flexibility index (Phi) is 8.29. The molecule has 4 aromatic rings. The molecule has 0 bridgehead atoms. The number of amides is 1. The quantitative estimate of drug-likeness (QED) is 0.247. The third-order valence-corrected chi connectivity index (χ3v) is 7.34. The van der Waals surface area contributed by atoms with Crippen molar-refractivity contribution in [2.75, 3.05) is 11.9 Å². The Morgan fingerprint density at radius 1 is 1.08 bits per heavy atom. The van der Waals surface area contributed by atoms with Crippen LogP contribution in [0, 0.1) is 6.92 Å². The lowest BCUT2D eigenvalue weighted by Crippen LogP contribution is -2.25. The summed E-state index contributed by atoms with van der Waals surface area (Å²) in [4.78, 5) is 30.6. The van der Waals surface area contributed by atoms with Crippen molar-refractivity contribution in [3.05, 3.63) is 98.0 Å². The van der Waals surface area contributed by atoms with E-state index >= 15 is 0 Å². The number of ether oxygens (including phenoxy) is 1. The molecule has 39 heavy (non-hydrogen) atoms. The molecule has 3 aromatic carbocycles. The number of benzene rings is 3. The lowest BCUT2D eigenvalue weighted by Gasteiger charge is -2.22. The van der Waals surface area contributed by atoms with Gasteiger partial charge in [-0.2, -0.15) is 9.78 Å². The second-order valence-electron chi connectivity index (χ2n) is 9.70. The van der Waals surface area contributed by atoms with Crippen LogP contribution in [0.3, 0.4) is 0 Å². The second kappa shape index (κ2) is 12.0. The molecular formula is C30H28Cl2N4O3. The molecule has 1 N–H and O–H groups in total. The molecule has 1 fully saturated rings. The number of nitrogens with one attached hydrogen (secondary N) is 1. The molecule has 0 spiro atoms. The standard InChI is InChI=1S/C30H28Cl2N4O3/c1-19-11-13-22(14-12-19)34-27(37)18-39-28-24(31)15-20(16-25(28)32)17-33-36-29(21-7-3-2-4-8-21)35-26-10-6-5-9-23(26)30(36)38/h5-6,9-17,21H,2-4,7-8,18H2,1H3,(H,34,37). The van der Waals surface area contributed by atoms with Crippen molar-refractivity contribution in [1.82, 2.24) is 9.66 Å². The number of halogens is 2. The van der Waals surface area contributed by atoms with E-state index in [0.29, 0.717) is 28.0 Å². The Labute approximate surface area is 236 Å². The fourth-order valence-electron chi connectivity index (χ4n) is 4.77. The van der Waals surface area contributed by atoms with Crippen molar-refractivity contribution in [3.63, 3.8) is 0 Å². The molecule has 9 heteroatoms. The molecule has 1 amide bonds. The number of aromatic nitrogens is 2. The number of aryl methyl sites for hydroxylation is 1. The minimum Gasteiger partial charge on any atom is -0.481 e. The van der Waals surface area contributed by atoms with Crippen LogP contribution in [0.4, 0.5) is 5.69 Å². The molecule has 0 aliphatic heterocycles. The SMILES string of the molecule is Cc1ccc(NC(=O)COc2c(Cl)cc(C=Nn3c(C4CCCCC4)nc4ccccc4c3=O)cc2Cl)cc1. The molecule has 1 aliphatic carbocycles. The van der Waals surface area contributed by atoms with Crippen LogP contribution in [0.15, 0.2) is 70.6 Å². The maximum Gasteiger partial charge on any atom is 0.282 e. The summed E-state index contributed by atoms with van der Waals surface area (Å²) >= 11 is 12.9. The summed E-state index contributed by atoms with van der Waals surface area (Å²) in [7, 11) is 0. The lowest BCUT2D eigenvalue weighted by atomic mass is 9.88. The fraction of sp³-hybridized carbons (Fsp3) is 0.267. The van der Waals surface area contributed by atoms with E-state index in [1.54, 1.807) is 18.2 Å². The minimum atomic E-state index is -0.338.